The second-order valence-electron chi connectivity index (χ2n) is 7.99. The Kier molecular flexibility index (Phi) is 6.73. The molecule has 1 aliphatic carbocycles. The van der Waals surface area contributed by atoms with Crippen LogP contribution in [-0.2, 0) is 22.4 Å². The molecular formula is C22H26N4O3S3. The van der Waals surface area contributed by atoms with E-state index in [0.717, 1.165) is 36.2 Å². The van der Waals surface area contributed by atoms with Crippen LogP contribution in [-0.4, -0.2) is 39.5 Å². The Labute approximate surface area is 199 Å². The van der Waals surface area contributed by atoms with Crippen LogP contribution in [0.1, 0.15) is 57.5 Å². The van der Waals surface area contributed by atoms with Gasteiger partial charge in [-0.15, -0.1) is 32.9 Å². The zero-order valence-electron chi connectivity index (χ0n) is 18.8. The van der Waals surface area contributed by atoms with Crippen molar-refractivity contribution in [3.05, 3.63) is 31.8 Å². The number of aromatic nitrogens is 3. The maximum atomic E-state index is 12.8. The van der Waals surface area contributed by atoms with E-state index in [2.05, 4.69) is 53.2 Å². The molecule has 7 nitrogen and oxygen atoms in total. The fourth-order valence-electron chi connectivity index (χ4n) is 3.86. The van der Waals surface area contributed by atoms with Crippen LogP contribution in [0.2, 0.25) is 0 Å². The van der Waals surface area contributed by atoms with Gasteiger partial charge in [0.2, 0.25) is 5.91 Å². The van der Waals surface area contributed by atoms with Crippen molar-refractivity contribution in [3.63, 3.8) is 0 Å². The number of hydrogen-bond acceptors (Lipinski definition) is 8. The maximum absolute atomic E-state index is 12.8. The third-order valence-electron chi connectivity index (χ3n) is 5.60. The average molecular weight is 491 g/mol. The second-order valence-corrected chi connectivity index (χ2v) is 11.1. The van der Waals surface area contributed by atoms with Gasteiger partial charge in [-0.2, -0.15) is 0 Å². The van der Waals surface area contributed by atoms with Crippen molar-refractivity contribution < 1.29 is 14.3 Å². The monoisotopic (exact) mass is 490 g/mol. The van der Waals surface area contributed by atoms with Crippen LogP contribution in [0.5, 0.6) is 0 Å². The summed E-state index contributed by atoms with van der Waals surface area (Å²) >= 11 is 4.53. The predicted octanol–water partition coefficient (Wildman–Crippen LogP) is 5.27. The molecule has 0 aliphatic heterocycles. The summed E-state index contributed by atoms with van der Waals surface area (Å²) in [5, 5.41) is 15.1. The van der Waals surface area contributed by atoms with E-state index < -0.39 is 5.97 Å². The van der Waals surface area contributed by atoms with E-state index in [1.54, 1.807) is 11.3 Å². The molecule has 0 spiro atoms. The summed E-state index contributed by atoms with van der Waals surface area (Å²) in [5.41, 5.74) is 3.83. The molecule has 1 amide bonds. The van der Waals surface area contributed by atoms with E-state index in [0.29, 0.717) is 15.7 Å². The average Bonchev–Trinajstić information content (AvgIpc) is 3.50. The van der Waals surface area contributed by atoms with E-state index in [4.69, 9.17) is 4.74 Å². The molecule has 32 heavy (non-hydrogen) atoms. The fourth-order valence-corrected chi connectivity index (χ4v) is 6.89. The van der Waals surface area contributed by atoms with Crippen LogP contribution in [0.15, 0.2) is 10.5 Å². The molecule has 10 heteroatoms. The van der Waals surface area contributed by atoms with Gasteiger partial charge in [-0.05, 0) is 58.1 Å². The highest BCUT2D eigenvalue weighted by Crippen LogP contribution is 2.40. The van der Waals surface area contributed by atoms with E-state index in [1.807, 2.05) is 0 Å². The van der Waals surface area contributed by atoms with Crippen molar-refractivity contribution in [2.24, 2.45) is 0 Å². The minimum absolute atomic E-state index is 0.149. The molecule has 3 aromatic rings. The Balaban J connectivity index is 1.51. The number of anilines is 1. The number of fused-ring (bicyclic) bond motifs is 1. The first-order valence-electron chi connectivity index (χ1n) is 10.5. The number of nitrogens with one attached hydrogen (secondary N) is 1. The van der Waals surface area contributed by atoms with Crippen LogP contribution in [0, 0.1) is 13.8 Å². The van der Waals surface area contributed by atoms with Gasteiger partial charge in [0.15, 0.2) is 11.0 Å². The van der Waals surface area contributed by atoms with Gasteiger partial charge in [0.25, 0.3) is 0 Å². The van der Waals surface area contributed by atoms with Gasteiger partial charge in [0.05, 0.1) is 18.4 Å². The van der Waals surface area contributed by atoms with Crippen LogP contribution >= 0.6 is 34.4 Å². The summed E-state index contributed by atoms with van der Waals surface area (Å²) in [7, 11) is 1.37. The molecule has 0 fully saturated rings. The molecule has 0 unspecified atom stereocenters. The zero-order chi connectivity index (χ0) is 23.0. The van der Waals surface area contributed by atoms with Crippen LogP contribution in [0.25, 0.3) is 11.4 Å². The number of aryl methyl sites for hydroxylation is 2. The quantitative estimate of drug-likeness (QED) is 0.359. The Morgan fingerprint density at radius 3 is 2.72 bits per heavy atom. The highest BCUT2D eigenvalue weighted by Gasteiger charge is 2.28. The molecule has 3 aromatic heterocycles. The van der Waals surface area contributed by atoms with Crippen molar-refractivity contribution in [1.82, 2.24) is 14.8 Å². The molecule has 1 aliphatic rings. The second kappa shape index (κ2) is 9.36. The molecule has 0 saturated carbocycles. The molecule has 170 valence electrons. The van der Waals surface area contributed by atoms with Gasteiger partial charge in [-0.1, -0.05) is 11.8 Å². The number of carbonyl (C=O) groups is 2. The van der Waals surface area contributed by atoms with Crippen molar-refractivity contribution >= 4 is 51.3 Å². The predicted molar refractivity (Wildman–Crippen MR) is 130 cm³/mol. The lowest BCUT2D eigenvalue weighted by Crippen LogP contribution is -2.17. The largest absolute Gasteiger partial charge is 0.465 e. The minimum Gasteiger partial charge on any atom is -0.465 e. The minimum atomic E-state index is -0.391. The standard InChI is InChI=1S/C22H26N4O3S3/c1-11(2)26-19(15-9-30-13(4)12(15)3)24-25-22(26)31-10-17(27)23-20-18(21(28)29-5)14-7-6-8-16(14)32-20/h9,11H,6-8,10H2,1-5H3,(H,23,27). The van der Waals surface area contributed by atoms with Crippen molar-refractivity contribution in [2.75, 3.05) is 18.2 Å². The SMILES string of the molecule is COC(=O)c1c(NC(=O)CSc2nnc(-c3csc(C)c3C)n2C(C)C)sc2c1CCC2. The first kappa shape index (κ1) is 23.0. The molecule has 0 radical (unpaired) electrons. The van der Waals surface area contributed by atoms with Crippen molar-refractivity contribution in [2.45, 2.75) is 58.2 Å². The normalized spacial score (nSPS) is 12.9. The van der Waals surface area contributed by atoms with Crippen molar-refractivity contribution in [1.29, 1.82) is 0 Å². The van der Waals surface area contributed by atoms with Crippen LogP contribution in [0.3, 0.4) is 0 Å². The Morgan fingerprint density at radius 1 is 1.28 bits per heavy atom. The fraction of sp³-hybridized carbons (Fsp3) is 0.455. The number of rotatable bonds is 7. The van der Waals surface area contributed by atoms with E-state index >= 15 is 0 Å². The van der Waals surface area contributed by atoms with Gasteiger partial charge in [0.1, 0.15) is 5.00 Å². The number of ether oxygens (including phenoxy) is 1. The molecule has 0 atom stereocenters. The van der Waals surface area contributed by atoms with Crippen LogP contribution < -0.4 is 5.32 Å². The molecule has 1 N–H and O–H groups in total. The van der Waals surface area contributed by atoms with E-state index in [9.17, 15) is 9.59 Å². The lowest BCUT2D eigenvalue weighted by atomic mass is 10.1. The molecule has 3 heterocycles. The maximum Gasteiger partial charge on any atom is 0.341 e. The number of amides is 1. The number of thiophene rings is 2. The third kappa shape index (κ3) is 4.23. The molecule has 0 aromatic carbocycles. The summed E-state index contributed by atoms with van der Waals surface area (Å²) in [6, 6.07) is 0.149. The van der Waals surface area contributed by atoms with Crippen LogP contribution in [0.4, 0.5) is 5.00 Å². The Bertz CT molecular complexity index is 1180. The van der Waals surface area contributed by atoms with E-state index in [-0.39, 0.29) is 17.7 Å². The van der Waals surface area contributed by atoms with Gasteiger partial charge < -0.3 is 10.1 Å². The zero-order valence-corrected chi connectivity index (χ0v) is 21.2. The van der Waals surface area contributed by atoms with Gasteiger partial charge in [-0.25, -0.2) is 4.79 Å². The van der Waals surface area contributed by atoms with Gasteiger partial charge in [0, 0.05) is 26.7 Å². The summed E-state index contributed by atoms with van der Waals surface area (Å²) < 4.78 is 7.04. The Morgan fingerprint density at radius 2 is 2.06 bits per heavy atom. The number of hydrogen-bond donors (Lipinski definition) is 1. The third-order valence-corrected chi connectivity index (χ3v) is 8.77. The number of thioether (sulfide) groups is 1. The number of carbonyl (C=O) groups excluding carboxylic acids is 2. The Hall–Kier alpha value is -2.17. The lowest BCUT2D eigenvalue weighted by Gasteiger charge is -2.13. The van der Waals surface area contributed by atoms with E-state index in [1.165, 1.54) is 45.5 Å². The smallest absolute Gasteiger partial charge is 0.341 e. The number of esters is 1. The first-order chi connectivity index (χ1) is 15.3. The topological polar surface area (TPSA) is 86.1 Å². The molecule has 0 bridgehead atoms. The summed E-state index contributed by atoms with van der Waals surface area (Å²) in [6.07, 6.45) is 2.82. The number of nitrogens with zero attached hydrogens (tertiary/aromatic N) is 3. The molecule has 4 rings (SSSR count). The lowest BCUT2D eigenvalue weighted by molar-refractivity contribution is -0.113. The summed E-state index contributed by atoms with van der Waals surface area (Å²) in [5.74, 6) is 0.434. The molecular weight excluding hydrogens is 464 g/mol. The summed E-state index contributed by atoms with van der Waals surface area (Å²) in [4.78, 5) is 27.5. The summed E-state index contributed by atoms with van der Waals surface area (Å²) in [6.45, 7) is 8.36. The molecule has 0 saturated heterocycles. The highest BCUT2D eigenvalue weighted by molar-refractivity contribution is 7.99. The van der Waals surface area contributed by atoms with Gasteiger partial charge in [-0.3, -0.25) is 9.36 Å². The van der Waals surface area contributed by atoms with Crippen molar-refractivity contribution in [3.8, 4) is 11.4 Å². The number of methoxy groups -OCH3 is 1. The van der Waals surface area contributed by atoms with Gasteiger partial charge >= 0.3 is 5.97 Å². The highest BCUT2D eigenvalue weighted by atomic mass is 32.2. The first-order valence-corrected chi connectivity index (χ1v) is 13.1.